The lowest BCUT2D eigenvalue weighted by Crippen LogP contribution is -2.16. The van der Waals surface area contributed by atoms with Gasteiger partial charge in [-0.3, -0.25) is 0 Å². The molecule has 1 aromatic carbocycles. The lowest BCUT2D eigenvalue weighted by atomic mass is 10.1. The van der Waals surface area contributed by atoms with Gasteiger partial charge in [0.05, 0.1) is 12.2 Å². The molecule has 0 heterocycles. The second-order valence-corrected chi connectivity index (χ2v) is 5.21. The van der Waals surface area contributed by atoms with Crippen LogP contribution in [0.2, 0.25) is 0 Å². The first-order valence-corrected chi connectivity index (χ1v) is 6.88. The summed E-state index contributed by atoms with van der Waals surface area (Å²) in [5.41, 5.74) is -0.0865. The Kier molecular flexibility index (Phi) is 6.33. The molecule has 1 aromatic rings. The minimum atomic E-state index is -4.40. The molecule has 1 rings (SSSR count). The van der Waals surface area contributed by atoms with Gasteiger partial charge in [-0.25, -0.2) is 0 Å². The van der Waals surface area contributed by atoms with Gasteiger partial charge in [0.15, 0.2) is 0 Å². The molecule has 1 N–H and O–H groups in total. The molecule has 0 saturated heterocycles. The van der Waals surface area contributed by atoms with Crippen LogP contribution in [-0.4, -0.2) is 13.2 Å². The third-order valence-electron chi connectivity index (χ3n) is 2.68. The number of alkyl halides is 3. The fraction of sp³-hybridized carbons (Fsp3) is 0.600. The maximum absolute atomic E-state index is 13.0. The van der Waals surface area contributed by atoms with Crippen LogP contribution in [0.3, 0.4) is 0 Å². The summed E-state index contributed by atoms with van der Waals surface area (Å²) in [6.45, 7) is 7.30. The van der Waals surface area contributed by atoms with Gasteiger partial charge in [0.25, 0.3) is 0 Å². The zero-order chi connectivity index (χ0) is 15.2. The highest BCUT2D eigenvalue weighted by Crippen LogP contribution is 2.37. The Labute approximate surface area is 118 Å². The van der Waals surface area contributed by atoms with Crippen molar-refractivity contribution in [3.05, 3.63) is 29.3 Å². The fourth-order valence-electron chi connectivity index (χ4n) is 1.70. The number of rotatable bonds is 7. The minimum absolute atomic E-state index is 0.0922. The van der Waals surface area contributed by atoms with Crippen molar-refractivity contribution in [1.29, 1.82) is 0 Å². The van der Waals surface area contributed by atoms with Crippen molar-refractivity contribution < 1.29 is 17.9 Å². The van der Waals surface area contributed by atoms with E-state index < -0.39 is 11.7 Å². The van der Waals surface area contributed by atoms with Crippen molar-refractivity contribution in [3.8, 4) is 5.75 Å². The molecule has 0 aliphatic heterocycles. The Bertz CT molecular complexity index is 416. The summed E-state index contributed by atoms with van der Waals surface area (Å²) in [6.07, 6.45) is -3.45. The molecule has 0 spiro atoms. The molecule has 0 radical (unpaired) electrons. The summed E-state index contributed by atoms with van der Waals surface area (Å²) in [6, 6.07) is 4.25. The minimum Gasteiger partial charge on any atom is -0.493 e. The molecular formula is C15H22F3NO. The van der Waals surface area contributed by atoms with E-state index in [9.17, 15) is 13.2 Å². The Morgan fingerprint density at radius 1 is 1.25 bits per heavy atom. The summed E-state index contributed by atoms with van der Waals surface area (Å²) in [4.78, 5) is 0. The summed E-state index contributed by atoms with van der Waals surface area (Å²) < 4.78 is 44.4. The molecule has 2 nitrogen and oxygen atoms in total. The van der Waals surface area contributed by atoms with E-state index in [0.717, 1.165) is 13.0 Å². The summed E-state index contributed by atoms with van der Waals surface area (Å²) in [5, 5.41) is 3.09. The lowest BCUT2D eigenvalue weighted by molar-refractivity contribution is -0.139. The topological polar surface area (TPSA) is 21.3 Å². The van der Waals surface area contributed by atoms with Crippen LogP contribution in [0.4, 0.5) is 13.2 Å². The molecule has 0 unspecified atom stereocenters. The molecule has 20 heavy (non-hydrogen) atoms. The third kappa shape index (κ3) is 5.41. The SMILES string of the molecule is CCCNCc1ccc(OCC(C)C)c(C(F)(F)F)c1. The van der Waals surface area contributed by atoms with Crippen molar-refractivity contribution in [3.63, 3.8) is 0 Å². The van der Waals surface area contributed by atoms with Gasteiger partial charge in [-0.2, -0.15) is 13.2 Å². The predicted molar refractivity (Wildman–Crippen MR) is 73.8 cm³/mol. The first-order valence-electron chi connectivity index (χ1n) is 6.88. The van der Waals surface area contributed by atoms with Gasteiger partial charge in [-0.15, -0.1) is 0 Å². The first-order chi connectivity index (χ1) is 9.34. The van der Waals surface area contributed by atoms with Crippen LogP contribution >= 0.6 is 0 Å². The molecule has 0 aromatic heterocycles. The van der Waals surface area contributed by atoms with Gasteiger partial charge < -0.3 is 10.1 Å². The van der Waals surface area contributed by atoms with Crippen LogP contribution in [0.15, 0.2) is 18.2 Å². The molecule has 114 valence electrons. The number of nitrogens with one attached hydrogen (secondary N) is 1. The number of halogens is 3. The maximum Gasteiger partial charge on any atom is 0.419 e. The summed E-state index contributed by atoms with van der Waals surface area (Å²) in [5.74, 6) is 0.0902. The Hall–Kier alpha value is -1.23. The highest BCUT2D eigenvalue weighted by atomic mass is 19.4. The average Bonchev–Trinajstić information content (AvgIpc) is 2.36. The molecule has 5 heteroatoms. The van der Waals surface area contributed by atoms with Crippen LogP contribution < -0.4 is 10.1 Å². The molecule has 0 atom stereocenters. The smallest absolute Gasteiger partial charge is 0.419 e. The normalized spacial score (nSPS) is 11.9. The van der Waals surface area contributed by atoms with Crippen molar-refractivity contribution in [2.45, 2.75) is 39.9 Å². The van der Waals surface area contributed by atoms with Crippen LogP contribution in [0.25, 0.3) is 0 Å². The van der Waals surface area contributed by atoms with Crippen molar-refractivity contribution in [1.82, 2.24) is 5.32 Å². The first kappa shape index (κ1) is 16.8. The van der Waals surface area contributed by atoms with Gasteiger partial charge in [-0.05, 0) is 36.6 Å². The second kappa shape index (κ2) is 7.53. The number of ether oxygens (including phenoxy) is 1. The van der Waals surface area contributed by atoms with Crippen molar-refractivity contribution >= 4 is 0 Å². The second-order valence-electron chi connectivity index (χ2n) is 5.21. The zero-order valence-corrected chi connectivity index (χ0v) is 12.2. The molecule has 0 aliphatic rings. The largest absolute Gasteiger partial charge is 0.493 e. The van der Waals surface area contributed by atoms with E-state index in [1.54, 1.807) is 6.07 Å². The number of hydrogen-bond donors (Lipinski definition) is 1. The van der Waals surface area contributed by atoms with E-state index >= 15 is 0 Å². The molecule has 0 fully saturated rings. The van der Waals surface area contributed by atoms with E-state index in [1.165, 1.54) is 12.1 Å². The Morgan fingerprint density at radius 3 is 2.50 bits per heavy atom. The monoisotopic (exact) mass is 289 g/mol. The lowest BCUT2D eigenvalue weighted by Gasteiger charge is -2.16. The maximum atomic E-state index is 13.0. The van der Waals surface area contributed by atoms with E-state index in [0.29, 0.717) is 12.1 Å². The summed E-state index contributed by atoms with van der Waals surface area (Å²) >= 11 is 0. The standard InChI is InChI=1S/C15H22F3NO/c1-4-7-19-9-12-5-6-14(20-10-11(2)3)13(8-12)15(16,17)18/h5-6,8,11,19H,4,7,9-10H2,1-3H3. The Morgan fingerprint density at radius 2 is 1.95 bits per heavy atom. The quantitative estimate of drug-likeness (QED) is 0.758. The van der Waals surface area contributed by atoms with Crippen molar-refractivity contribution in [2.75, 3.05) is 13.2 Å². The van der Waals surface area contributed by atoms with E-state index in [4.69, 9.17) is 4.74 Å². The number of hydrogen-bond acceptors (Lipinski definition) is 2. The van der Waals surface area contributed by atoms with E-state index in [-0.39, 0.29) is 18.3 Å². The molecule has 0 saturated carbocycles. The highest BCUT2D eigenvalue weighted by molar-refractivity contribution is 5.39. The van der Waals surface area contributed by atoms with Crippen molar-refractivity contribution in [2.24, 2.45) is 5.92 Å². The molecule has 0 aliphatic carbocycles. The van der Waals surface area contributed by atoms with Crippen LogP contribution in [0, 0.1) is 5.92 Å². The van der Waals surface area contributed by atoms with E-state index in [1.807, 2.05) is 20.8 Å². The van der Waals surface area contributed by atoms with Crippen LogP contribution in [-0.2, 0) is 12.7 Å². The van der Waals surface area contributed by atoms with Crippen LogP contribution in [0.5, 0.6) is 5.75 Å². The highest BCUT2D eigenvalue weighted by Gasteiger charge is 2.34. The average molecular weight is 289 g/mol. The van der Waals surface area contributed by atoms with Gasteiger partial charge >= 0.3 is 6.18 Å². The fourth-order valence-corrected chi connectivity index (χ4v) is 1.70. The van der Waals surface area contributed by atoms with E-state index in [2.05, 4.69) is 5.32 Å². The number of benzene rings is 1. The predicted octanol–water partition coefficient (Wildman–Crippen LogP) is 4.24. The van der Waals surface area contributed by atoms with Gasteiger partial charge in [0, 0.05) is 6.54 Å². The molecule has 0 bridgehead atoms. The van der Waals surface area contributed by atoms with Gasteiger partial charge in [-0.1, -0.05) is 26.8 Å². The third-order valence-corrected chi connectivity index (χ3v) is 2.68. The summed E-state index contributed by atoms with van der Waals surface area (Å²) in [7, 11) is 0. The molecule has 0 amide bonds. The van der Waals surface area contributed by atoms with Gasteiger partial charge in [0.2, 0.25) is 0 Å². The molecular weight excluding hydrogens is 267 g/mol. The zero-order valence-electron chi connectivity index (χ0n) is 12.2. The van der Waals surface area contributed by atoms with Crippen LogP contribution in [0.1, 0.15) is 38.3 Å². The van der Waals surface area contributed by atoms with Gasteiger partial charge in [0.1, 0.15) is 5.75 Å². The Balaban J connectivity index is 2.89.